The van der Waals surface area contributed by atoms with Gasteiger partial charge in [0.15, 0.2) is 11.5 Å². The number of amides is 2. The van der Waals surface area contributed by atoms with Crippen LogP contribution in [0.1, 0.15) is 49.0 Å². The molecule has 2 aliphatic rings. The molecular formula is C27H35N3O4. The van der Waals surface area contributed by atoms with Gasteiger partial charge in [0.05, 0.1) is 6.54 Å². The molecule has 0 radical (unpaired) electrons. The standard InChI is InChI=1S/C27H35N3O4/c1-18-6-5-7-23(19(18)2)30(15-20-8-13-24-25(14-20)34-17-33-24)16-26(31)28-22-11-9-21(10-12-22)27(32)29(3)4/h8-14,18-19,23H,5-7,15-17H2,1-4H3,(H,28,31). The zero-order valence-electron chi connectivity index (χ0n) is 20.5. The summed E-state index contributed by atoms with van der Waals surface area (Å²) in [5, 5.41) is 3.01. The average molecular weight is 466 g/mol. The van der Waals surface area contributed by atoms with E-state index in [0.717, 1.165) is 23.5 Å². The number of rotatable bonds is 7. The van der Waals surface area contributed by atoms with E-state index < -0.39 is 0 Å². The maximum atomic E-state index is 13.1. The van der Waals surface area contributed by atoms with Gasteiger partial charge in [-0.1, -0.05) is 32.8 Å². The first kappa shape index (κ1) is 24.1. The van der Waals surface area contributed by atoms with E-state index in [-0.39, 0.29) is 18.6 Å². The maximum Gasteiger partial charge on any atom is 0.253 e. The largest absolute Gasteiger partial charge is 0.454 e. The average Bonchev–Trinajstić information content (AvgIpc) is 3.28. The number of anilines is 1. The van der Waals surface area contributed by atoms with E-state index in [1.165, 1.54) is 17.7 Å². The summed E-state index contributed by atoms with van der Waals surface area (Å²) >= 11 is 0. The number of hydrogen-bond donors (Lipinski definition) is 1. The van der Waals surface area contributed by atoms with Gasteiger partial charge in [0, 0.05) is 37.9 Å². The molecule has 2 aromatic rings. The molecule has 7 nitrogen and oxygen atoms in total. The van der Waals surface area contributed by atoms with Crippen LogP contribution < -0.4 is 14.8 Å². The predicted octanol–water partition coefficient (Wildman–Crippen LogP) is 4.38. The molecular weight excluding hydrogens is 430 g/mol. The third-order valence-electron chi connectivity index (χ3n) is 7.12. The van der Waals surface area contributed by atoms with Crippen molar-refractivity contribution in [1.82, 2.24) is 9.80 Å². The summed E-state index contributed by atoms with van der Waals surface area (Å²) < 4.78 is 11.0. The van der Waals surface area contributed by atoms with Crippen LogP contribution in [0, 0.1) is 11.8 Å². The first-order chi connectivity index (χ1) is 16.3. The third-order valence-corrected chi connectivity index (χ3v) is 7.12. The van der Waals surface area contributed by atoms with Crippen LogP contribution in [0.4, 0.5) is 5.69 Å². The third kappa shape index (κ3) is 5.53. The molecule has 2 amide bonds. The lowest BCUT2D eigenvalue weighted by Crippen LogP contribution is -2.46. The van der Waals surface area contributed by atoms with Crippen molar-refractivity contribution in [2.45, 2.75) is 45.7 Å². The number of benzene rings is 2. The Morgan fingerprint density at radius 3 is 2.47 bits per heavy atom. The van der Waals surface area contributed by atoms with Crippen LogP contribution in [0.5, 0.6) is 11.5 Å². The Bertz CT molecular complexity index is 1020. The minimum atomic E-state index is -0.0619. The zero-order chi connectivity index (χ0) is 24.2. The molecule has 2 aromatic carbocycles. The van der Waals surface area contributed by atoms with Gasteiger partial charge >= 0.3 is 0 Å². The summed E-state index contributed by atoms with van der Waals surface area (Å²) in [6.07, 6.45) is 3.50. The van der Waals surface area contributed by atoms with Crippen molar-refractivity contribution in [2.24, 2.45) is 11.8 Å². The van der Waals surface area contributed by atoms with Crippen LogP contribution in [0.2, 0.25) is 0 Å². The fraction of sp³-hybridized carbons (Fsp3) is 0.481. The molecule has 7 heteroatoms. The van der Waals surface area contributed by atoms with Gasteiger partial charge in [-0.3, -0.25) is 14.5 Å². The van der Waals surface area contributed by atoms with E-state index in [2.05, 4.69) is 30.1 Å². The first-order valence-electron chi connectivity index (χ1n) is 12.1. The summed E-state index contributed by atoms with van der Waals surface area (Å²) in [6, 6.07) is 13.4. The minimum Gasteiger partial charge on any atom is -0.454 e. The molecule has 1 heterocycles. The van der Waals surface area contributed by atoms with Gasteiger partial charge in [0.2, 0.25) is 12.7 Å². The van der Waals surface area contributed by atoms with Crippen LogP contribution in [0.3, 0.4) is 0 Å². The molecule has 0 aromatic heterocycles. The lowest BCUT2D eigenvalue weighted by molar-refractivity contribution is -0.118. The highest BCUT2D eigenvalue weighted by Gasteiger charge is 2.32. The van der Waals surface area contributed by atoms with E-state index in [0.29, 0.717) is 42.2 Å². The van der Waals surface area contributed by atoms with Gasteiger partial charge < -0.3 is 19.7 Å². The number of fused-ring (bicyclic) bond motifs is 1. The highest BCUT2D eigenvalue weighted by Crippen LogP contribution is 2.36. The lowest BCUT2D eigenvalue weighted by atomic mass is 9.77. The molecule has 3 atom stereocenters. The summed E-state index contributed by atoms with van der Waals surface area (Å²) in [6.45, 7) is 5.84. The van der Waals surface area contributed by atoms with Gasteiger partial charge in [-0.05, 0) is 60.2 Å². The van der Waals surface area contributed by atoms with Crippen molar-refractivity contribution < 1.29 is 19.1 Å². The summed E-state index contributed by atoms with van der Waals surface area (Å²) in [7, 11) is 3.44. The van der Waals surface area contributed by atoms with E-state index in [9.17, 15) is 9.59 Å². The Balaban J connectivity index is 1.47. The fourth-order valence-electron chi connectivity index (χ4n) is 4.97. The lowest BCUT2D eigenvalue weighted by Gasteiger charge is -2.41. The van der Waals surface area contributed by atoms with E-state index in [4.69, 9.17) is 9.47 Å². The number of carbonyl (C=O) groups is 2. The Morgan fingerprint density at radius 2 is 1.74 bits per heavy atom. The molecule has 0 spiro atoms. The number of nitrogens with zero attached hydrogens (tertiary/aromatic N) is 2. The van der Waals surface area contributed by atoms with Gasteiger partial charge in [0.1, 0.15) is 0 Å². The Morgan fingerprint density at radius 1 is 1.00 bits per heavy atom. The molecule has 0 bridgehead atoms. The molecule has 34 heavy (non-hydrogen) atoms. The zero-order valence-corrected chi connectivity index (χ0v) is 20.5. The van der Waals surface area contributed by atoms with Crippen molar-refractivity contribution in [3.8, 4) is 11.5 Å². The molecule has 3 unspecified atom stereocenters. The van der Waals surface area contributed by atoms with Gasteiger partial charge in [-0.25, -0.2) is 0 Å². The molecule has 0 saturated heterocycles. The van der Waals surface area contributed by atoms with Crippen LogP contribution in [0.15, 0.2) is 42.5 Å². The smallest absolute Gasteiger partial charge is 0.253 e. The molecule has 1 N–H and O–H groups in total. The van der Waals surface area contributed by atoms with Crippen molar-refractivity contribution in [3.63, 3.8) is 0 Å². The normalized spacial score (nSPS) is 21.4. The summed E-state index contributed by atoms with van der Waals surface area (Å²) in [4.78, 5) is 29.0. The first-order valence-corrected chi connectivity index (χ1v) is 12.1. The number of ether oxygens (including phenoxy) is 2. The molecule has 182 valence electrons. The SMILES string of the molecule is CC1CCCC(N(CC(=O)Nc2ccc(C(=O)N(C)C)cc2)Cc2ccc3c(c2)OCO3)C1C. The van der Waals surface area contributed by atoms with Gasteiger partial charge in [-0.2, -0.15) is 0 Å². The topological polar surface area (TPSA) is 71.1 Å². The molecule has 4 rings (SSSR count). The van der Waals surface area contributed by atoms with Crippen LogP contribution in [-0.4, -0.2) is 55.1 Å². The van der Waals surface area contributed by atoms with E-state index in [1.54, 1.807) is 38.4 Å². The van der Waals surface area contributed by atoms with Crippen molar-refractivity contribution in [2.75, 3.05) is 32.7 Å². The van der Waals surface area contributed by atoms with E-state index in [1.807, 2.05) is 12.1 Å². The summed E-state index contributed by atoms with van der Waals surface area (Å²) in [5.41, 5.74) is 2.39. The number of hydrogen-bond acceptors (Lipinski definition) is 5. The second kappa shape index (κ2) is 10.5. The Kier molecular flexibility index (Phi) is 7.41. The number of nitrogens with one attached hydrogen (secondary N) is 1. The second-order valence-electron chi connectivity index (χ2n) is 9.75. The van der Waals surface area contributed by atoms with Crippen molar-refractivity contribution >= 4 is 17.5 Å². The van der Waals surface area contributed by atoms with Gasteiger partial charge in [-0.15, -0.1) is 0 Å². The molecule has 1 aliphatic heterocycles. The summed E-state index contributed by atoms with van der Waals surface area (Å²) in [5.74, 6) is 2.55. The highest BCUT2D eigenvalue weighted by atomic mass is 16.7. The minimum absolute atomic E-state index is 0.0575. The van der Waals surface area contributed by atoms with E-state index >= 15 is 0 Å². The Labute approximate surface area is 202 Å². The molecule has 1 fully saturated rings. The Hall–Kier alpha value is -3.06. The quantitative estimate of drug-likeness (QED) is 0.657. The van der Waals surface area contributed by atoms with Crippen molar-refractivity contribution in [3.05, 3.63) is 53.6 Å². The fourth-order valence-corrected chi connectivity index (χ4v) is 4.97. The maximum absolute atomic E-state index is 13.1. The molecule has 1 aliphatic carbocycles. The van der Waals surface area contributed by atoms with Crippen LogP contribution in [-0.2, 0) is 11.3 Å². The highest BCUT2D eigenvalue weighted by molar-refractivity contribution is 5.96. The van der Waals surface area contributed by atoms with Crippen molar-refractivity contribution in [1.29, 1.82) is 0 Å². The monoisotopic (exact) mass is 465 g/mol. The number of carbonyl (C=O) groups excluding carboxylic acids is 2. The second-order valence-corrected chi connectivity index (χ2v) is 9.75. The molecule has 1 saturated carbocycles. The van der Waals surface area contributed by atoms with Crippen LogP contribution in [0.25, 0.3) is 0 Å². The van der Waals surface area contributed by atoms with Gasteiger partial charge in [0.25, 0.3) is 5.91 Å². The van der Waals surface area contributed by atoms with Crippen LogP contribution >= 0.6 is 0 Å². The predicted molar refractivity (Wildman–Crippen MR) is 132 cm³/mol.